The number of terminal acetylenes is 1. The fraction of sp³-hybridized carbons (Fsp3) is 0.455. The van der Waals surface area contributed by atoms with Crippen molar-refractivity contribution in [3.63, 3.8) is 0 Å². The summed E-state index contributed by atoms with van der Waals surface area (Å²) in [5, 5.41) is 19.4. The van der Waals surface area contributed by atoms with Gasteiger partial charge in [0, 0.05) is 12.3 Å². The maximum atomic E-state index is 11.8. The predicted molar refractivity (Wildman–Crippen MR) is 65.7 cm³/mol. The lowest BCUT2D eigenvalue weighted by Gasteiger charge is -2.25. The van der Waals surface area contributed by atoms with E-state index < -0.39 is 41.1 Å². The lowest BCUT2D eigenvalue weighted by molar-refractivity contribution is -0.0464. The largest absolute Gasteiger partial charge is 0.394 e. The van der Waals surface area contributed by atoms with Crippen LogP contribution in [0.1, 0.15) is 8.97 Å². The zero-order chi connectivity index (χ0) is 16.0. The average molecular weight is 289 g/mol. The number of aromatic nitrogens is 2. The lowest BCUT2D eigenvalue weighted by atomic mass is 9.99. The van der Waals surface area contributed by atoms with E-state index in [1.807, 2.05) is 10.9 Å². The molecule has 1 aromatic heterocycles. The summed E-state index contributed by atoms with van der Waals surface area (Å²) in [7, 11) is 0. The maximum Gasteiger partial charge on any atom is 0.330 e. The average Bonchev–Trinajstić information content (AvgIpc) is 2.63. The second kappa shape index (κ2) is 4.83. The third-order valence-corrected chi connectivity index (χ3v) is 3.32. The number of H-pyrrole nitrogens is 1. The number of nitrogens with one attached hydrogen (secondary N) is 1. The summed E-state index contributed by atoms with van der Waals surface area (Å²) in [6.45, 7) is -2.93. The van der Waals surface area contributed by atoms with E-state index in [9.17, 15) is 19.8 Å². The number of nitrogens with zero attached hydrogens (tertiary/aromatic N) is 1. The van der Waals surface area contributed by atoms with E-state index in [0.29, 0.717) is 0 Å². The van der Waals surface area contributed by atoms with E-state index in [1.165, 1.54) is 0 Å². The van der Waals surface area contributed by atoms with Gasteiger partial charge in [0.2, 0.25) is 0 Å². The minimum atomic E-state index is -2.93. The van der Waals surface area contributed by atoms with E-state index in [0.717, 1.165) is 16.8 Å². The Bertz CT molecular complexity index is 706. The molecule has 2 heterocycles. The molecular weight excluding hydrogens is 276 g/mol. The Morgan fingerprint density at radius 1 is 1.74 bits per heavy atom. The third kappa shape index (κ3) is 2.09. The van der Waals surface area contributed by atoms with Crippen LogP contribution in [-0.2, 0) is 4.74 Å². The molecule has 1 saturated heterocycles. The van der Waals surface area contributed by atoms with Crippen molar-refractivity contribution in [1.82, 2.24) is 9.55 Å². The molecule has 7 nitrogen and oxygen atoms in total. The minimum Gasteiger partial charge on any atom is -0.394 e. The van der Waals surface area contributed by atoms with Crippen LogP contribution < -0.4 is 11.2 Å². The third-order valence-electron chi connectivity index (χ3n) is 2.80. The van der Waals surface area contributed by atoms with E-state index in [2.05, 4.69) is 0 Å². The van der Waals surface area contributed by atoms with Crippen LogP contribution in [0.25, 0.3) is 0 Å². The first-order chi connectivity index (χ1) is 9.61. The van der Waals surface area contributed by atoms with Crippen LogP contribution in [0.5, 0.6) is 0 Å². The molecule has 1 aliphatic rings. The Hall–Kier alpha value is -1.59. The summed E-state index contributed by atoms with van der Waals surface area (Å²) in [6.07, 6.45) is 1.27. The Morgan fingerprint density at radius 3 is 2.95 bits per heavy atom. The maximum absolute atomic E-state index is 11.8. The summed E-state index contributed by atoms with van der Waals surface area (Å²) in [5.41, 5.74) is -1.57. The molecule has 2 rings (SSSR count). The van der Waals surface area contributed by atoms with Crippen LogP contribution in [0.15, 0.2) is 21.9 Å². The predicted octanol–water partition coefficient (Wildman–Crippen LogP) is -1.60. The van der Waals surface area contributed by atoms with Gasteiger partial charge in [-0.05, 0) is 0 Å². The first-order valence-corrected chi connectivity index (χ1v) is 5.53. The van der Waals surface area contributed by atoms with Crippen LogP contribution in [0.4, 0.5) is 0 Å². The van der Waals surface area contributed by atoms with E-state index >= 15 is 0 Å². The van der Waals surface area contributed by atoms with Crippen LogP contribution >= 0.6 is 11.6 Å². The molecule has 0 spiro atoms. The number of halogens is 1. The summed E-state index contributed by atoms with van der Waals surface area (Å²) in [5.74, 6) is 2.04. The quantitative estimate of drug-likeness (QED) is 0.449. The van der Waals surface area contributed by atoms with Crippen molar-refractivity contribution in [2.75, 3.05) is 6.56 Å². The first-order valence-electron chi connectivity index (χ1n) is 6.15. The number of aliphatic hydroxyl groups is 2. The molecule has 0 saturated carbocycles. The van der Waals surface area contributed by atoms with Crippen LogP contribution in [0.2, 0.25) is 0 Å². The molecule has 3 N–H and O–H groups in total. The van der Waals surface area contributed by atoms with Crippen LogP contribution in [0, 0.1) is 12.3 Å². The van der Waals surface area contributed by atoms with Crippen molar-refractivity contribution in [1.29, 1.82) is 0 Å². The summed E-state index contributed by atoms with van der Waals surface area (Å²) in [4.78, 5) is 22.8. The van der Waals surface area contributed by atoms with Crippen molar-refractivity contribution in [3.05, 3.63) is 33.1 Å². The Morgan fingerprint density at radius 2 is 2.42 bits per heavy atom. The highest BCUT2D eigenvalue weighted by atomic mass is 35.5. The monoisotopic (exact) mass is 288 g/mol. The van der Waals surface area contributed by atoms with E-state index in [4.69, 9.17) is 25.5 Å². The molecule has 0 amide bonds. The normalized spacial score (nSPS) is 36.4. The zero-order valence-corrected chi connectivity index (χ0v) is 10.2. The highest BCUT2D eigenvalue weighted by molar-refractivity contribution is 6.27. The molecule has 1 fully saturated rings. The van der Waals surface area contributed by atoms with Crippen molar-refractivity contribution in [2.24, 2.45) is 0 Å². The number of ether oxygens (including phenoxy) is 1. The molecule has 102 valence electrons. The van der Waals surface area contributed by atoms with Gasteiger partial charge in [-0.3, -0.25) is 14.3 Å². The number of aromatic amines is 1. The molecular formula is C11H11ClN2O5. The van der Waals surface area contributed by atoms with Crippen molar-refractivity contribution in [2.45, 2.75) is 23.3 Å². The molecule has 1 aromatic rings. The number of aliphatic hydroxyl groups excluding tert-OH is 1. The van der Waals surface area contributed by atoms with Crippen LogP contribution in [-0.4, -0.2) is 43.4 Å². The van der Waals surface area contributed by atoms with Gasteiger partial charge < -0.3 is 14.9 Å². The van der Waals surface area contributed by atoms with Gasteiger partial charge in [0.25, 0.3) is 5.56 Å². The smallest absolute Gasteiger partial charge is 0.330 e. The lowest BCUT2D eigenvalue weighted by Crippen LogP contribution is -2.44. The Balaban J connectivity index is 2.55. The Kier molecular flexibility index (Phi) is 2.86. The summed E-state index contributed by atoms with van der Waals surface area (Å²) < 4.78 is 20.4. The van der Waals surface area contributed by atoms with Crippen molar-refractivity contribution >= 4 is 11.6 Å². The topological polar surface area (TPSA) is 105 Å². The van der Waals surface area contributed by atoms with Gasteiger partial charge in [-0.2, -0.15) is 0 Å². The molecule has 0 bridgehead atoms. The number of hydrogen-bond acceptors (Lipinski definition) is 5. The second-order valence-corrected chi connectivity index (χ2v) is 4.54. The SMILES string of the molecule is [2H]C([2H])(O)[C@H]1O[C@@H](n2ccc(=O)[nH]c2=O)C(Cl)(C#C)[C@H]1O. The number of hydrogen-bond donors (Lipinski definition) is 3. The van der Waals surface area contributed by atoms with Gasteiger partial charge in [-0.15, -0.1) is 6.42 Å². The second-order valence-electron chi connectivity index (χ2n) is 3.91. The van der Waals surface area contributed by atoms with Gasteiger partial charge >= 0.3 is 5.69 Å². The molecule has 19 heavy (non-hydrogen) atoms. The van der Waals surface area contributed by atoms with Crippen molar-refractivity contribution in [3.8, 4) is 12.3 Å². The van der Waals surface area contributed by atoms with Crippen molar-refractivity contribution < 1.29 is 17.7 Å². The summed E-state index contributed by atoms with van der Waals surface area (Å²) in [6, 6.07) is 1.01. The standard InChI is InChI=1S/C11H11ClN2O5/c1-2-11(12)8(17)6(5-15)19-9(11)14-4-3-7(16)13-10(14)18/h1,3-4,6,8-9,15,17H,5H2,(H,13,16,18)/t6-,8+,9-,11?/m1/s1/i5D2. The molecule has 4 atom stereocenters. The fourth-order valence-corrected chi connectivity index (χ4v) is 2.09. The number of rotatable bonds is 2. The molecule has 0 radical (unpaired) electrons. The molecule has 1 aliphatic heterocycles. The molecule has 1 unspecified atom stereocenters. The van der Waals surface area contributed by atoms with Gasteiger partial charge in [0.1, 0.15) is 12.2 Å². The molecule has 0 aliphatic carbocycles. The number of alkyl halides is 1. The van der Waals surface area contributed by atoms with Gasteiger partial charge in [0.05, 0.1) is 9.30 Å². The Labute approximate surface area is 115 Å². The minimum absolute atomic E-state index is 0.662. The van der Waals surface area contributed by atoms with Gasteiger partial charge in [-0.1, -0.05) is 17.5 Å². The van der Waals surface area contributed by atoms with E-state index in [-0.39, 0.29) is 0 Å². The molecule has 0 aromatic carbocycles. The molecule has 8 heteroatoms. The summed E-state index contributed by atoms with van der Waals surface area (Å²) >= 11 is 6.08. The first kappa shape index (κ1) is 11.3. The highest BCUT2D eigenvalue weighted by Gasteiger charge is 2.55. The van der Waals surface area contributed by atoms with Gasteiger partial charge in [0.15, 0.2) is 11.1 Å². The van der Waals surface area contributed by atoms with Crippen LogP contribution in [0.3, 0.4) is 0 Å². The van der Waals surface area contributed by atoms with E-state index in [1.54, 1.807) is 0 Å². The van der Waals surface area contributed by atoms with Gasteiger partial charge in [-0.25, -0.2) is 4.79 Å². The zero-order valence-electron chi connectivity index (χ0n) is 11.4. The highest BCUT2D eigenvalue weighted by Crippen LogP contribution is 2.42. The fourth-order valence-electron chi connectivity index (χ4n) is 1.82.